The molecule has 0 bridgehead atoms. The summed E-state index contributed by atoms with van der Waals surface area (Å²) in [5, 5.41) is 1.07. The average Bonchev–Trinajstić information content (AvgIpc) is 2.96. The van der Waals surface area contributed by atoms with E-state index in [-0.39, 0.29) is 12.6 Å². The van der Waals surface area contributed by atoms with Crippen LogP contribution in [0.2, 0.25) is 0 Å². The first kappa shape index (κ1) is 13.2. The molecule has 4 nitrogen and oxygen atoms in total. The molecule has 0 fully saturated rings. The van der Waals surface area contributed by atoms with Gasteiger partial charge in [-0.3, -0.25) is 0 Å². The molecule has 3 aromatic rings. The Kier molecular flexibility index (Phi) is 3.60. The Bertz CT molecular complexity index is 776. The fraction of sp³-hybridized carbons (Fsp3) is 0.118. The zero-order chi connectivity index (χ0) is 14.7. The quantitative estimate of drug-likeness (QED) is 0.744. The number of H-pyrrole nitrogens is 1. The van der Waals surface area contributed by atoms with Gasteiger partial charge in [-0.2, -0.15) is 0 Å². The van der Waals surface area contributed by atoms with Crippen LogP contribution < -0.4 is 4.74 Å². The van der Waals surface area contributed by atoms with Crippen LogP contribution in [0.5, 0.6) is 5.75 Å². The molecule has 0 aliphatic heterocycles. The molecule has 0 aliphatic carbocycles. The number of hydrogen-bond acceptors (Lipinski definition) is 3. The molecule has 21 heavy (non-hydrogen) atoms. The van der Waals surface area contributed by atoms with Crippen LogP contribution in [-0.2, 0) is 11.3 Å². The van der Waals surface area contributed by atoms with E-state index >= 15 is 0 Å². The van der Waals surface area contributed by atoms with E-state index < -0.39 is 0 Å². The van der Waals surface area contributed by atoms with Gasteiger partial charge in [0.15, 0.2) is 0 Å². The van der Waals surface area contributed by atoms with Gasteiger partial charge < -0.3 is 14.5 Å². The van der Waals surface area contributed by atoms with Crippen LogP contribution in [0.3, 0.4) is 0 Å². The number of hydrogen-bond donors (Lipinski definition) is 1. The molecule has 0 saturated heterocycles. The van der Waals surface area contributed by atoms with Crippen molar-refractivity contribution in [1.82, 2.24) is 4.98 Å². The number of aromatic amines is 1. The second-order valence-electron chi connectivity index (χ2n) is 4.67. The van der Waals surface area contributed by atoms with Crippen molar-refractivity contribution in [3.05, 3.63) is 65.9 Å². The fourth-order valence-corrected chi connectivity index (χ4v) is 2.23. The van der Waals surface area contributed by atoms with Crippen LogP contribution in [0.15, 0.2) is 54.7 Å². The van der Waals surface area contributed by atoms with E-state index in [9.17, 15) is 4.79 Å². The predicted molar refractivity (Wildman–Crippen MR) is 80.4 cm³/mol. The molecule has 3 rings (SSSR count). The Hall–Kier alpha value is -2.75. The van der Waals surface area contributed by atoms with Crippen LogP contribution in [0.4, 0.5) is 0 Å². The van der Waals surface area contributed by atoms with Crippen LogP contribution in [-0.4, -0.2) is 18.1 Å². The summed E-state index contributed by atoms with van der Waals surface area (Å²) in [5.41, 5.74) is 2.47. The van der Waals surface area contributed by atoms with Gasteiger partial charge in [0.25, 0.3) is 0 Å². The molecule has 106 valence electrons. The number of para-hydroxylation sites is 1. The van der Waals surface area contributed by atoms with Gasteiger partial charge in [0.05, 0.1) is 12.7 Å². The summed E-state index contributed by atoms with van der Waals surface area (Å²) < 4.78 is 10.5. The van der Waals surface area contributed by atoms with Crippen LogP contribution >= 0.6 is 0 Å². The number of nitrogens with one attached hydrogen (secondary N) is 1. The summed E-state index contributed by atoms with van der Waals surface area (Å²) in [6.07, 6.45) is 1.86. The van der Waals surface area contributed by atoms with Crippen molar-refractivity contribution in [2.45, 2.75) is 6.61 Å². The summed E-state index contributed by atoms with van der Waals surface area (Å²) in [7, 11) is 1.57. The molecule has 0 radical (unpaired) electrons. The zero-order valence-electron chi connectivity index (χ0n) is 11.6. The van der Waals surface area contributed by atoms with Gasteiger partial charge in [0.1, 0.15) is 12.4 Å². The lowest BCUT2D eigenvalue weighted by Crippen LogP contribution is -2.05. The number of ether oxygens (including phenoxy) is 2. The minimum Gasteiger partial charge on any atom is -0.497 e. The van der Waals surface area contributed by atoms with Gasteiger partial charge in [0.2, 0.25) is 0 Å². The second kappa shape index (κ2) is 5.71. The number of fused-ring (bicyclic) bond motifs is 1. The van der Waals surface area contributed by atoms with E-state index in [1.54, 1.807) is 31.4 Å². The molecule has 1 heterocycles. The van der Waals surface area contributed by atoms with Crippen molar-refractivity contribution in [2.24, 2.45) is 0 Å². The molecule has 1 aromatic heterocycles. The summed E-state index contributed by atoms with van der Waals surface area (Å²) in [4.78, 5) is 15.2. The number of aromatic nitrogens is 1. The van der Waals surface area contributed by atoms with Gasteiger partial charge in [-0.1, -0.05) is 24.3 Å². The molecular weight excluding hydrogens is 266 g/mol. The normalized spacial score (nSPS) is 10.5. The van der Waals surface area contributed by atoms with Crippen molar-refractivity contribution >= 4 is 16.9 Å². The van der Waals surface area contributed by atoms with Crippen LogP contribution in [0.25, 0.3) is 10.9 Å². The van der Waals surface area contributed by atoms with E-state index in [1.165, 1.54) is 0 Å². The highest BCUT2D eigenvalue weighted by Crippen LogP contribution is 2.19. The maximum atomic E-state index is 12.1. The number of esters is 1. The number of carbonyl (C=O) groups is 1. The highest BCUT2D eigenvalue weighted by atomic mass is 16.5. The number of benzene rings is 2. The largest absolute Gasteiger partial charge is 0.497 e. The lowest BCUT2D eigenvalue weighted by atomic mass is 10.2. The summed E-state index contributed by atoms with van der Waals surface area (Å²) in [6, 6.07) is 14.8. The summed E-state index contributed by atoms with van der Waals surface area (Å²) >= 11 is 0. The monoisotopic (exact) mass is 281 g/mol. The smallest absolute Gasteiger partial charge is 0.338 e. The predicted octanol–water partition coefficient (Wildman–Crippen LogP) is 3.53. The molecule has 0 spiro atoms. The van der Waals surface area contributed by atoms with Gasteiger partial charge in [0, 0.05) is 22.7 Å². The third kappa shape index (κ3) is 2.74. The van der Waals surface area contributed by atoms with E-state index in [4.69, 9.17) is 9.47 Å². The Labute approximate surface area is 122 Å². The van der Waals surface area contributed by atoms with Gasteiger partial charge in [-0.15, -0.1) is 0 Å². The van der Waals surface area contributed by atoms with Gasteiger partial charge >= 0.3 is 5.97 Å². The topological polar surface area (TPSA) is 51.3 Å². The Morgan fingerprint density at radius 2 is 2.00 bits per heavy atom. The van der Waals surface area contributed by atoms with E-state index in [2.05, 4.69) is 4.98 Å². The Morgan fingerprint density at radius 3 is 2.86 bits per heavy atom. The number of methoxy groups -OCH3 is 1. The lowest BCUT2D eigenvalue weighted by Gasteiger charge is -2.05. The second-order valence-corrected chi connectivity index (χ2v) is 4.67. The summed E-state index contributed by atoms with van der Waals surface area (Å²) in [5.74, 6) is 0.274. The molecule has 0 saturated carbocycles. The van der Waals surface area contributed by atoms with E-state index in [0.717, 1.165) is 16.5 Å². The molecule has 0 unspecified atom stereocenters. The first-order valence-electron chi connectivity index (χ1n) is 6.64. The number of carbonyl (C=O) groups excluding carboxylic acids is 1. The first-order valence-corrected chi connectivity index (χ1v) is 6.64. The van der Waals surface area contributed by atoms with Gasteiger partial charge in [-0.25, -0.2) is 4.79 Å². The molecule has 0 amide bonds. The third-order valence-electron chi connectivity index (χ3n) is 3.34. The third-order valence-corrected chi connectivity index (χ3v) is 3.34. The van der Waals surface area contributed by atoms with Crippen molar-refractivity contribution in [2.75, 3.05) is 7.11 Å². The zero-order valence-corrected chi connectivity index (χ0v) is 11.6. The highest BCUT2D eigenvalue weighted by Gasteiger charge is 2.10. The van der Waals surface area contributed by atoms with Crippen LogP contribution in [0.1, 0.15) is 15.9 Å². The first-order chi connectivity index (χ1) is 10.3. The lowest BCUT2D eigenvalue weighted by molar-refractivity contribution is 0.0474. The minimum absolute atomic E-state index is 0.236. The fourth-order valence-electron chi connectivity index (χ4n) is 2.23. The highest BCUT2D eigenvalue weighted by molar-refractivity contribution is 5.90. The standard InChI is InChI=1S/C17H15NO3/c1-20-14-6-4-5-12(9-14)17(19)21-11-13-10-18-16-8-3-2-7-15(13)16/h2-10,18H,11H2,1H3. The minimum atomic E-state index is -0.362. The molecule has 4 heteroatoms. The maximum Gasteiger partial charge on any atom is 0.338 e. The van der Waals surface area contributed by atoms with E-state index in [0.29, 0.717) is 11.3 Å². The Balaban J connectivity index is 1.73. The molecule has 0 aliphatic rings. The van der Waals surface area contributed by atoms with E-state index in [1.807, 2.05) is 30.5 Å². The molecule has 2 aromatic carbocycles. The Morgan fingerprint density at radius 1 is 1.14 bits per heavy atom. The molecular formula is C17H15NO3. The average molecular weight is 281 g/mol. The SMILES string of the molecule is COc1cccc(C(=O)OCc2c[nH]c3ccccc23)c1. The van der Waals surface area contributed by atoms with Crippen molar-refractivity contribution < 1.29 is 14.3 Å². The van der Waals surface area contributed by atoms with Crippen molar-refractivity contribution in [3.8, 4) is 5.75 Å². The van der Waals surface area contributed by atoms with Gasteiger partial charge in [-0.05, 0) is 24.3 Å². The van der Waals surface area contributed by atoms with Crippen molar-refractivity contribution in [1.29, 1.82) is 0 Å². The van der Waals surface area contributed by atoms with Crippen molar-refractivity contribution in [3.63, 3.8) is 0 Å². The number of rotatable bonds is 4. The molecule has 0 atom stereocenters. The maximum absolute atomic E-state index is 12.1. The van der Waals surface area contributed by atoms with Crippen LogP contribution in [0, 0.1) is 0 Å². The summed E-state index contributed by atoms with van der Waals surface area (Å²) in [6.45, 7) is 0.236. The molecule has 1 N–H and O–H groups in total.